The highest BCUT2D eigenvalue weighted by Gasteiger charge is 2.20. The van der Waals surface area contributed by atoms with E-state index in [1.807, 2.05) is 0 Å². The molecule has 1 atom stereocenters. The van der Waals surface area contributed by atoms with Gasteiger partial charge in [0.15, 0.2) is 6.23 Å². The lowest BCUT2D eigenvalue weighted by molar-refractivity contribution is 0.101. The van der Waals surface area contributed by atoms with Crippen LogP contribution in [0.1, 0.15) is 0 Å². The van der Waals surface area contributed by atoms with Crippen LogP contribution in [0.15, 0.2) is 0 Å². The second kappa shape index (κ2) is 2.00. The summed E-state index contributed by atoms with van der Waals surface area (Å²) in [5, 5.41) is 6.02. The van der Waals surface area contributed by atoms with Crippen molar-refractivity contribution < 1.29 is 9.53 Å². The van der Waals surface area contributed by atoms with Crippen molar-refractivity contribution in [2.75, 3.05) is 13.7 Å². The van der Waals surface area contributed by atoms with Gasteiger partial charge in [0.05, 0.1) is 6.54 Å². The van der Waals surface area contributed by atoms with Gasteiger partial charge < -0.3 is 10.1 Å². The molecular weight excluding hydrogens is 108 g/mol. The molecule has 0 saturated carbocycles. The van der Waals surface area contributed by atoms with Crippen LogP contribution < -0.4 is 10.6 Å². The molecule has 0 aliphatic carbocycles. The third-order valence-electron chi connectivity index (χ3n) is 0.961. The molecule has 1 aliphatic heterocycles. The molecule has 1 heterocycles. The molecule has 1 radical (unpaired) electrons. The molecule has 1 unspecified atom stereocenters. The summed E-state index contributed by atoms with van der Waals surface area (Å²) in [6.07, 6.45) is -0.262. The topological polar surface area (TPSA) is 52.4 Å². The Bertz CT molecular complexity index is 104. The Morgan fingerprint density at radius 1 is 2.00 bits per heavy atom. The Hall–Kier alpha value is -0.770. The minimum atomic E-state index is -0.281. The molecule has 4 nitrogen and oxygen atoms in total. The average molecular weight is 115 g/mol. The summed E-state index contributed by atoms with van der Waals surface area (Å²) in [7, 11) is 1.52. The lowest BCUT2D eigenvalue weighted by Crippen LogP contribution is -2.20. The van der Waals surface area contributed by atoms with Crippen molar-refractivity contribution in [2.24, 2.45) is 0 Å². The van der Waals surface area contributed by atoms with Crippen LogP contribution in [0.25, 0.3) is 0 Å². The Morgan fingerprint density at radius 3 is 3.00 bits per heavy atom. The number of urea groups is 1. The van der Waals surface area contributed by atoms with Crippen molar-refractivity contribution in [3.8, 4) is 0 Å². The van der Waals surface area contributed by atoms with Crippen LogP contribution in [-0.2, 0) is 4.74 Å². The monoisotopic (exact) mass is 115 g/mol. The van der Waals surface area contributed by atoms with Gasteiger partial charge in [-0.3, -0.25) is 0 Å². The SMILES string of the molecule is COC1CNC(=O)[N]1. The second-order valence-electron chi connectivity index (χ2n) is 1.51. The standard InChI is InChI=1S/C4H7N2O2/c1-8-3-2-5-4(7)6-3/h3H,2H2,1H3,(H,5,7). The highest BCUT2D eigenvalue weighted by Crippen LogP contribution is 1.91. The average Bonchev–Trinajstić information content (AvgIpc) is 2.14. The predicted octanol–water partition coefficient (Wildman–Crippen LogP) is -0.713. The molecule has 1 fully saturated rings. The van der Waals surface area contributed by atoms with Gasteiger partial charge in [-0.1, -0.05) is 0 Å². The van der Waals surface area contributed by atoms with Gasteiger partial charge >= 0.3 is 6.03 Å². The molecular formula is C4H7N2O2. The summed E-state index contributed by atoms with van der Waals surface area (Å²) in [6, 6.07) is -0.281. The highest BCUT2D eigenvalue weighted by atomic mass is 16.5. The van der Waals surface area contributed by atoms with Crippen molar-refractivity contribution in [2.45, 2.75) is 6.23 Å². The molecule has 8 heavy (non-hydrogen) atoms. The van der Waals surface area contributed by atoms with E-state index in [2.05, 4.69) is 10.6 Å². The van der Waals surface area contributed by atoms with Crippen LogP contribution in [0.5, 0.6) is 0 Å². The van der Waals surface area contributed by atoms with Crippen molar-refractivity contribution in [1.82, 2.24) is 10.6 Å². The fourth-order valence-electron chi connectivity index (χ4n) is 0.533. The number of hydrogen-bond donors (Lipinski definition) is 1. The summed E-state index contributed by atoms with van der Waals surface area (Å²) >= 11 is 0. The summed E-state index contributed by atoms with van der Waals surface area (Å²) < 4.78 is 4.73. The summed E-state index contributed by atoms with van der Waals surface area (Å²) in [5.74, 6) is 0. The molecule has 1 saturated heterocycles. The van der Waals surface area contributed by atoms with Gasteiger partial charge in [0.2, 0.25) is 0 Å². The maximum atomic E-state index is 10.3. The maximum Gasteiger partial charge on any atom is 0.339 e. The van der Waals surface area contributed by atoms with Crippen LogP contribution >= 0.6 is 0 Å². The molecule has 1 N–H and O–H groups in total. The van der Waals surface area contributed by atoms with Crippen molar-refractivity contribution in [1.29, 1.82) is 0 Å². The normalized spacial score (nSPS) is 27.1. The van der Waals surface area contributed by atoms with Gasteiger partial charge in [-0.25, -0.2) is 4.79 Å². The lowest BCUT2D eigenvalue weighted by atomic mass is 10.6. The van der Waals surface area contributed by atoms with Gasteiger partial charge in [-0.15, -0.1) is 0 Å². The number of carbonyl (C=O) groups excluding carboxylic acids is 1. The third-order valence-corrected chi connectivity index (χ3v) is 0.961. The first kappa shape index (κ1) is 5.37. The molecule has 0 aromatic carbocycles. The number of hydrogen-bond acceptors (Lipinski definition) is 2. The lowest BCUT2D eigenvalue weighted by Gasteiger charge is -1.99. The van der Waals surface area contributed by atoms with Crippen molar-refractivity contribution >= 4 is 6.03 Å². The van der Waals surface area contributed by atoms with Crippen molar-refractivity contribution in [3.63, 3.8) is 0 Å². The first-order valence-corrected chi connectivity index (χ1v) is 2.34. The van der Waals surface area contributed by atoms with Crippen LogP contribution in [0.4, 0.5) is 4.79 Å². The number of rotatable bonds is 1. The quantitative estimate of drug-likeness (QED) is 0.490. The number of carbonyl (C=O) groups is 1. The number of nitrogens with zero attached hydrogens (tertiary/aromatic N) is 1. The zero-order chi connectivity index (χ0) is 5.98. The number of methoxy groups -OCH3 is 1. The van der Waals surface area contributed by atoms with E-state index in [0.717, 1.165) is 0 Å². The highest BCUT2D eigenvalue weighted by molar-refractivity contribution is 5.75. The van der Waals surface area contributed by atoms with Crippen LogP contribution in [-0.4, -0.2) is 25.9 Å². The van der Waals surface area contributed by atoms with E-state index in [4.69, 9.17) is 4.74 Å². The Balaban J connectivity index is 2.32. The molecule has 4 heteroatoms. The summed E-state index contributed by atoms with van der Waals surface area (Å²) in [6.45, 7) is 0.509. The predicted molar refractivity (Wildman–Crippen MR) is 26.3 cm³/mol. The Labute approximate surface area is 47.2 Å². The van der Waals surface area contributed by atoms with E-state index in [9.17, 15) is 4.79 Å². The van der Waals surface area contributed by atoms with E-state index in [1.54, 1.807) is 0 Å². The van der Waals surface area contributed by atoms with E-state index in [-0.39, 0.29) is 12.3 Å². The van der Waals surface area contributed by atoms with Crippen LogP contribution in [0, 0.1) is 0 Å². The van der Waals surface area contributed by atoms with Gasteiger partial charge in [0.1, 0.15) is 0 Å². The Kier molecular flexibility index (Phi) is 1.34. The first-order valence-electron chi connectivity index (χ1n) is 2.34. The molecule has 45 valence electrons. The zero-order valence-corrected chi connectivity index (χ0v) is 4.55. The largest absolute Gasteiger partial charge is 0.358 e. The minimum Gasteiger partial charge on any atom is -0.358 e. The van der Waals surface area contributed by atoms with Crippen LogP contribution in [0.3, 0.4) is 0 Å². The fraction of sp³-hybridized carbons (Fsp3) is 0.750. The summed E-state index contributed by atoms with van der Waals surface area (Å²) in [5.41, 5.74) is 0. The number of nitrogens with one attached hydrogen (secondary N) is 1. The number of amides is 2. The van der Waals surface area contributed by atoms with Gasteiger partial charge in [-0.05, 0) is 0 Å². The van der Waals surface area contributed by atoms with Gasteiger partial charge in [-0.2, -0.15) is 5.32 Å². The van der Waals surface area contributed by atoms with E-state index < -0.39 is 0 Å². The minimum absolute atomic E-state index is 0.262. The molecule has 0 aromatic rings. The summed E-state index contributed by atoms with van der Waals surface area (Å²) in [4.78, 5) is 10.3. The van der Waals surface area contributed by atoms with E-state index in [1.165, 1.54) is 7.11 Å². The van der Waals surface area contributed by atoms with Crippen molar-refractivity contribution in [3.05, 3.63) is 0 Å². The second-order valence-corrected chi connectivity index (χ2v) is 1.51. The first-order chi connectivity index (χ1) is 3.83. The smallest absolute Gasteiger partial charge is 0.339 e. The van der Waals surface area contributed by atoms with Crippen LogP contribution in [0.2, 0.25) is 0 Å². The van der Waals surface area contributed by atoms with E-state index in [0.29, 0.717) is 6.54 Å². The van der Waals surface area contributed by atoms with Gasteiger partial charge in [0.25, 0.3) is 0 Å². The molecule has 1 aliphatic rings. The molecule has 0 aromatic heterocycles. The fourth-order valence-corrected chi connectivity index (χ4v) is 0.533. The maximum absolute atomic E-state index is 10.3. The van der Waals surface area contributed by atoms with Gasteiger partial charge in [0, 0.05) is 7.11 Å². The Morgan fingerprint density at radius 2 is 2.75 bits per heavy atom. The molecule has 0 spiro atoms. The zero-order valence-electron chi connectivity index (χ0n) is 4.55. The molecule has 2 amide bonds. The third kappa shape index (κ3) is 0.894. The molecule has 0 bridgehead atoms. The number of ether oxygens (including phenoxy) is 1. The molecule has 1 rings (SSSR count). The van der Waals surface area contributed by atoms with E-state index >= 15 is 0 Å².